The van der Waals surface area contributed by atoms with Crippen LogP contribution in [0, 0.1) is 6.92 Å². The molecule has 0 saturated carbocycles. The van der Waals surface area contributed by atoms with Crippen LogP contribution in [-0.2, 0) is 10.7 Å². The normalized spacial score (nSPS) is 10.7. The van der Waals surface area contributed by atoms with E-state index in [0.717, 1.165) is 5.56 Å². The number of hydrogen-bond donors (Lipinski definition) is 2. The standard InChI is InChI=1S/C8H11O3P.Sb.3H/c1-7-4-2-3-5-8(7)6-12(9,10)11;;;;/h2-5H,6H2,1H3,(H2,9,10,11);;;;. The molecule has 0 heterocycles. The Labute approximate surface area is 94.8 Å². The third kappa shape index (κ3) is 4.83. The van der Waals surface area contributed by atoms with Gasteiger partial charge in [-0.3, -0.25) is 4.57 Å². The molecule has 3 nitrogen and oxygen atoms in total. The number of rotatable bonds is 2. The molecule has 0 atom stereocenters. The van der Waals surface area contributed by atoms with Crippen molar-refractivity contribution in [2.75, 3.05) is 0 Å². The average Bonchev–Trinajstić information content (AvgIpc) is 1.91. The molecule has 0 radical (unpaired) electrons. The van der Waals surface area contributed by atoms with Crippen LogP contribution in [0.25, 0.3) is 0 Å². The molecule has 0 spiro atoms. The van der Waals surface area contributed by atoms with Crippen molar-refractivity contribution in [3.63, 3.8) is 0 Å². The molecule has 0 amide bonds. The first-order valence-electron chi connectivity index (χ1n) is 3.58. The van der Waals surface area contributed by atoms with E-state index in [2.05, 4.69) is 0 Å². The predicted octanol–water partition coefficient (Wildman–Crippen LogP) is 0.489. The first kappa shape index (κ1) is 13.2. The van der Waals surface area contributed by atoms with Gasteiger partial charge in [-0.2, -0.15) is 0 Å². The molecule has 0 unspecified atom stereocenters. The second-order valence-corrected chi connectivity index (χ2v) is 4.39. The van der Waals surface area contributed by atoms with Gasteiger partial charge in [-0.05, 0) is 18.1 Å². The van der Waals surface area contributed by atoms with Crippen molar-refractivity contribution in [1.82, 2.24) is 0 Å². The van der Waals surface area contributed by atoms with E-state index in [-0.39, 0.29) is 30.6 Å². The van der Waals surface area contributed by atoms with E-state index in [0.29, 0.717) is 5.56 Å². The zero-order valence-electron chi connectivity index (χ0n) is 7.47. The molecular weight excluding hydrogens is 297 g/mol. The fraction of sp³-hybridized carbons (Fsp3) is 0.250. The quantitative estimate of drug-likeness (QED) is 0.617. The molecule has 2 N–H and O–H groups in total. The van der Waals surface area contributed by atoms with E-state index in [4.69, 9.17) is 9.79 Å². The fourth-order valence-corrected chi connectivity index (χ4v) is 1.81. The molecule has 0 aliphatic rings. The summed E-state index contributed by atoms with van der Waals surface area (Å²) in [4.78, 5) is 17.4. The number of benzene rings is 1. The Hall–Kier alpha value is 0.188. The predicted molar refractivity (Wildman–Crippen MR) is 56.9 cm³/mol. The molecule has 1 aromatic rings. The summed E-state index contributed by atoms with van der Waals surface area (Å²) in [6.45, 7) is 1.84. The Kier molecular flexibility index (Phi) is 5.24. The Morgan fingerprint density at radius 1 is 1.31 bits per heavy atom. The van der Waals surface area contributed by atoms with Crippen LogP contribution >= 0.6 is 7.60 Å². The van der Waals surface area contributed by atoms with E-state index in [1.807, 2.05) is 19.1 Å². The third-order valence-corrected chi connectivity index (χ3v) is 2.39. The van der Waals surface area contributed by atoms with E-state index in [9.17, 15) is 4.57 Å². The van der Waals surface area contributed by atoms with Crippen molar-refractivity contribution in [1.29, 1.82) is 0 Å². The summed E-state index contributed by atoms with van der Waals surface area (Å²) in [5, 5.41) is 0. The Morgan fingerprint density at radius 2 is 1.85 bits per heavy atom. The zero-order chi connectivity index (χ0) is 9.19. The number of hydrogen-bond acceptors (Lipinski definition) is 1. The molecule has 0 aliphatic heterocycles. The monoisotopic (exact) mass is 310 g/mol. The van der Waals surface area contributed by atoms with Crippen molar-refractivity contribution >= 4 is 32.0 Å². The maximum absolute atomic E-state index is 10.6. The SMILES string of the molecule is Cc1ccccc1CP(=O)(O)O.[SbH3]. The van der Waals surface area contributed by atoms with Gasteiger partial charge in [0.15, 0.2) is 0 Å². The second kappa shape index (κ2) is 5.16. The van der Waals surface area contributed by atoms with Gasteiger partial charge in [0, 0.05) is 0 Å². The summed E-state index contributed by atoms with van der Waals surface area (Å²) in [5.74, 6) is 0. The fourth-order valence-electron chi connectivity index (χ4n) is 1.01. The molecule has 0 bridgehead atoms. The molecule has 0 aromatic heterocycles. The van der Waals surface area contributed by atoms with Gasteiger partial charge in [0.05, 0.1) is 6.16 Å². The van der Waals surface area contributed by atoms with Gasteiger partial charge in [0.25, 0.3) is 0 Å². The second-order valence-electron chi connectivity index (χ2n) is 2.75. The maximum atomic E-state index is 10.6. The van der Waals surface area contributed by atoms with Gasteiger partial charge in [0.2, 0.25) is 0 Å². The van der Waals surface area contributed by atoms with Crippen LogP contribution in [0.1, 0.15) is 11.1 Å². The molecule has 0 fully saturated rings. The molecule has 0 saturated heterocycles. The Morgan fingerprint density at radius 3 is 2.31 bits per heavy atom. The summed E-state index contributed by atoms with van der Waals surface area (Å²) in [7, 11) is -3.91. The minimum atomic E-state index is -3.91. The third-order valence-electron chi connectivity index (χ3n) is 1.64. The average molecular weight is 311 g/mol. The van der Waals surface area contributed by atoms with Gasteiger partial charge < -0.3 is 9.79 Å². The van der Waals surface area contributed by atoms with Crippen LogP contribution in [0.2, 0.25) is 0 Å². The molecule has 1 rings (SSSR count). The topological polar surface area (TPSA) is 57.5 Å². The van der Waals surface area contributed by atoms with E-state index in [1.165, 1.54) is 0 Å². The summed E-state index contributed by atoms with van der Waals surface area (Å²) in [5.41, 5.74) is 1.63. The van der Waals surface area contributed by atoms with Crippen LogP contribution < -0.4 is 0 Å². The molecule has 74 valence electrons. The first-order valence-corrected chi connectivity index (χ1v) is 5.38. The van der Waals surface area contributed by atoms with Crippen LogP contribution in [-0.4, -0.2) is 34.2 Å². The van der Waals surface area contributed by atoms with Crippen molar-refractivity contribution in [2.45, 2.75) is 13.1 Å². The number of aryl methyl sites for hydroxylation is 1. The van der Waals surface area contributed by atoms with Gasteiger partial charge in [-0.25, -0.2) is 0 Å². The first-order chi connectivity index (χ1) is 5.49. The Balaban J connectivity index is 0.00000144. The zero-order valence-corrected chi connectivity index (χ0v) is 12.4. The summed E-state index contributed by atoms with van der Waals surface area (Å²) in [6.07, 6.45) is -0.167. The van der Waals surface area contributed by atoms with Crippen molar-refractivity contribution < 1.29 is 14.4 Å². The van der Waals surface area contributed by atoms with Gasteiger partial charge in [-0.15, -0.1) is 0 Å². The van der Waals surface area contributed by atoms with E-state index in [1.54, 1.807) is 12.1 Å². The van der Waals surface area contributed by atoms with Crippen LogP contribution in [0.15, 0.2) is 24.3 Å². The summed E-state index contributed by atoms with van der Waals surface area (Å²) in [6, 6.07) is 7.19. The minimum absolute atomic E-state index is 0. The van der Waals surface area contributed by atoms with Crippen LogP contribution in [0.4, 0.5) is 0 Å². The van der Waals surface area contributed by atoms with Crippen molar-refractivity contribution in [3.8, 4) is 0 Å². The summed E-state index contributed by atoms with van der Waals surface area (Å²) < 4.78 is 10.6. The van der Waals surface area contributed by atoms with E-state index < -0.39 is 7.60 Å². The molecular formula is C8H14O3PSb. The summed E-state index contributed by atoms with van der Waals surface area (Å²) >= 11 is 0. The van der Waals surface area contributed by atoms with Crippen LogP contribution in [0.3, 0.4) is 0 Å². The molecule has 0 aliphatic carbocycles. The molecule has 1 aromatic carbocycles. The van der Waals surface area contributed by atoms with Crippen molar-refractivity contribution in [3.05, 3.63) is 35.4 Å². The van der Waals surface area contributed by atoms with Gasteiger partial charge in [0.1, 0.15) is 0 Å². The van der Waals surface area contributed by atoms with Crippen molar-refractivity contribution in [2.24, 2.45) is 0 Å². The van der Waals surface area contributed by atoms with Crippen LogP contribution in [0.5, 0.6) is 0 Å². The van der Waals surface area contributed by atoms with E-state index >= 15 is 0 Å². The molecule has 13 heavy (non-hydrogen) atoms. The van der Waals surface area contributed by atoms with Gasteiger partial charge in [-0.1, -0.05) is 24.3 Å². The Bertz CT molecular complexity index is 321. The molecule has 5 heteroatoms. The van der Waals surface area contributed by atoms with Gasteiger partial charge >= 0.3 is 32.0 Å².